The summed E-state index contributed by atoms with van der Waals surface area (Å²) in [5.41, 5.74) is -0.660. The summed E-state index contributed by atoms with van der Waals surface area (Å²) in [5.74, 6) is 0.494. The molecule has 1 N–H and O–H groups in total. The van der Waals surface area contributed by atoms with Crippen molar-refractivity contribution in [2.24, 2.45) is 0 Å². The molecule has 1 aromatic carbocycles. The average Bonchev–Trinajstić information content (AvgIpc) is 2.35. The fourth-order valence-electron chi connectivity index (χ4n) is 1.09. The van der Waals surface area contributed by atoms with E-state index in [0.717, 1.165) is 5.75 Å². The van der Waals surface area contributed by atoms with Crippen molar-refractivity contribution in [3.63, 3.8) is 0 Å². The van der Waals surface area contributed by atoms with Gasteiger partial charge in [-0.15, -0.1) is 0 Å². The quantitative estimate of drug-likeness (QED) is 0.603. The van der Waals surface area contributed by atoms with E-state index in [-0.39, 0.29) is 12.6 Å². The number of para-hydroxylation sites is 1. The zero-order valence-corrected chi connectivity index (χ0v) is 10.5. The average molecular weight is 237 g/mol. The van der Waals surface area contributed by atoms with E-state index >= 15 is 0 Å². The van der Waals surface area contributed by atoms with Crippen molar-refractivity contribution in [2.45, 2.75) is 19.4 Å². The molecule has 0 unspecified atom stereocenters. The number of ether oxygens (including phenoxy) is 2. The molecule has 1 aromatic rings. The summed E-state index contributed by atoms with van der Waals surface area (Å²) >= 11 is 0. The molecule has 1 rings (SSSR count). The maximum atomic E-state index is 11.6. The highest BCUT2D eigenvalue weighted by atomic mass is 16.6. The van der Waals surface area contributed by atoms with Crippen LogP contribution >= 0.6 is 0 Å². The second-order valence-electron chi connectivity index (χ2n) is 4.17. The molecule has 4 heteroatoms. The van der Waals surface area contributed by atoms with E-state index < -0.39 is 5.54 Å². The third-order valence-electron chi connectivity index (χ3n) is 2.46. The highest BCUT2D eigenvalue weighted by Crippen LogP contribution is 2.08. The molecule has 0 aliphatic heterocycles. The van der Waals surface area contributed by atoms with Gasteiger partial charge >= 0.3 is 5.97 Å². The molecule has 0 radical (unpaired) electrons. The molecule has 0 aliphatic carbocycles. The van der Waals surface area contributed by atoms with Crippen molar-refractivity contribution in [1.82, 2.24) is 5.32 Å². The highest BCUT2D eigenvalue weighted by Gasteiger charge is 2.26. The van der Waals surface area contributed by atoms with Crippen molar-refractivity contribution >= 4 is 5.97 Å². The molecule has 17 heavy (non-hydrogen) atoms. The van der Waals surface area contributed by atoms with Crippen LogP contribution in [0.15, 0.2) is 30.3 Å². The van der Waals surface area contributed by atoms with Gasteiger partial charge in [-0.25, -0.2) is 0 Å². The molecule has 0 saturated carbocycles. The minimum atomic E-state index is -0.660. The zero-order valence-electron chi connectivity index (χ0n) is 10.5. The van der Waals surface area contributed by atoms with Crippen molar-refractivity contribution in [1.29, 1.82) is 0 Å². The Kier molecular flexibility index (Phi) is 4.97. The van der Waals surface area contributed by atoms with Gasteiger partial charge in [0.2, 0.25) is 0 Å². The van der Waals surface area contributed by atoms with Gasteiger partial charge in [0.15, 0.2) is 0 Å². The number of likely N-dealkylation sites (N-methyl/N-ethyl adjacent to an activating group) is 1. The first-order chi connectivity index (χ1) is 8.06. The van der Waals surface area contributed by atoms with E-state index in [1.54, 1.807) is 20.9 Å². The van der Waals surface area contributed by atoms with E-state index in [2.05, 4.69) is 5.32 Å². The Morgan fingerprint density at radius 1 is 1.24 bits per heavy atom. The molecule has 0 bridgehead atoms. The number of rotatable bonds is 6. The van der Waals surface area contributed by atoms with Gasteiger partial charge in [0.1, 0.15) is 24.5 Å². The van der Waals surface area contributed by atoms with Crippen LogP contribution in [0.4, 0.5) is 0 Å². The summed E-state index contributed by atoms with van der Waals surface area (Å²) < 4.78 is 10.5. The zero-order chi connectivity index (χ0) is 12.7. The molecule has 94 valence electrons. The van der Waals surface area contributed by atoms with E-state index in [1.165, 1.54) is 0 Å². The summed E-state index contributed by atoms with van der Waals surface area (Å²) in [6.45, 7) is 4.15. The van der Waals surface area contributed by atoms with Crippen molar-refractivity contribution in [3.05, 3.63) is 30.3 Å². The maximum Gasteiger partial charge on any atom is 0.325 e. The van der Waals surface area contributed by atoms with Gasteiger partial charge < -0.3 is 14.8 Å². The Labute approximate surface area is 102 Å². The first-order valence-corrected chi connectivity index (χ1v) is 5.60. The molecule has 0 fully saturated rings. The van der Waals surface area contributed by atoms with Gasteiger partial charge in [-0.05, 0) is 33.0 Å². The SMILES string of the molecule is CNC(C)(C)C(=O)OCCOc1ccccc1. The predicted octanol–water partition coefficient (Wildman–Crippen LogP) is 1.61. The molecule has 0 atom stereocenters. The molecule has 0 aromatic heterocycles. The van der Waals surface area contributed by atoms with Crippen LogP contribution in [0.3, 0.4) is 0 Å². The lowest BCUT2D eigenvalue weighted by molar-refractivity contribution is -0.150. The first-order valence-electron chi connectivity index (χ1n) is 5.60. The number of esters is 1. The lowest BCUT2D eigenvalue weighted by Crippen LogP contribution is -2.46. The van der Waals surface area contributed by atoms with E-state index in [9.17, 15) is 4.79 Å². The van der Waals surface area contributed by atoms with E-state index in [1.807, 2.05) is 30.3 Å². The third kappa shape index (κ3) is 4.44. The Balaban J connectivity index is 2.23. The Bertz CT molecular complexity index is 349. The van der Waals surface area contributed by atoms with Gasteiger partial charge in [-0.2, -0.15) is 0 Å². The van der Waals surface area contributed by atoms with Crippen LogP contribution in [0.25, 0.3) is 0 Å². The minimum absolute atomic E-state index is 0.249. The second kappa shape index (κ2) is 6.25. The van der Waals surface area contributed by atoms with Crippen molar-refractivity contribution in [3.8, 4) is 5.75 Å². The summed E-state index contributed by atoms with van der Waals surface area (Å²) in [7, 11) is 1.72. The van der Waals surface area contributed by atoms with E-state index in [0.29, 0.717) is 6.61 Å². The van der Waals surface area contributed by atoms with Crippen LogP contribution in [-0.4, -0.2) is 31.8 Å². The fourth-order valence-corrected chi connectivity index (χ4v) is 1.09. The predicted molar refractivity (Wildman–Crippen MR) is 66.0 cm³/mol. The van der Waals surface area contributed by atoms with Crippen LogP contribution in [0.5, 0.6) is 5.75 Å². The van der Waals surface area contributed by atoms with E-state index in [4.69, 9.17) is 9.47 Å². The van der Waals surface area contributed by atoms with Crippen molar-refractivity contribution in [2.75, 3.05) is 20.3 Å². The molecule has 0 amide bonds. The van der Waals surface area contributed by atoms with Gasteiger partial charge in [-0.1, -0.05) is 18.2 Å². The highest BCUT2D eigenvalue weighted by molar-refractivity contribution is 5.79. The largest absolute Gasteiger partial charge is 0.490 e. The number of carbonyl (C=O) groups excluding carboxylic acids is 1. The number of hydrogen-bond donors (Lipinski definition) is 1. The van der Waals surface area contributed by atoms with Gasteiger partial charge in [-0.3, -0.25) is 4.79 Å². The van der Waals surface area contributed by atoms with Gasteiger partial charge in [0, 0.05) is 0 Å². The standard InChI is InChI=1S/C13H19NO3/c1-13(2,14-3)12(15)17-10-9-16-11-7-5-4-6-8-11/h4-8,14H,9-10H2,1-3H3. The summed E-state index contributed by atoms with van der Waals surface area (Å²) in [6, 6.07) is 9.43. The summed E-state index contributed by atoms with van der Waals surface area (Å²) in [4.78, 5) is 11.6. The molecule has 4 nitrogen and oxygen atoms in total. The number of carbonyl (C=O) groups is 1. The normalized spacial score (nSPS) is 11.0. The van der Waals surface area contributed by atoms with Gasteiger partial charge in [0.25, 0.3) is 0 Å². The second-order valence-corrected chi connectivity index (χ2v) is 4.17. The maximum absolute atomic E-state index is 11.6. The summed E-state index contributed by atoms with van der Waals surface area (Å²) in [5, 5.41) is 2.88. The molecular weight excluding hydrogens is 218 g/mol. The Hall–Kier alpha value is -1.55. The number of nitrogens with one attached hydrogen (secondary N) is 1. The fraction of sp³-hybridized carbons (Fsp3) is 0.462. The Morgan fingerprint density at radius 3 is 2.47 bits per heavy atom. The first kappa shape index (κ1) is 13.5. The lowest BCUT2D eigenvalue weighted by atomic mass is 10.1. The molecule has 0 spiro atoms. The van der Waals surface area contributed by atoms with Gasteiger partial charge in [0.05, 0.1) is 0 Å². The molecule has 0 aliphatic rings. The monoisotopic (exact) mass is 237 g/mol. The van der Waals surface area contributed by atoms with Crippen LogP contribution in [0, 0.1) is 0 Å². The van der Waals surface area contributed by atoms with Crippen LogP contribution in [0.1, 0.15) is 13.8 Å². The Morgan fingerprint density at radius 2 is 1.88 bits per heavy atom. The topological polar surface area (TPSA) is 47.6 Å². The lowest BCUT2D eigenvalue weighted by Gasteiger charge is -2.21. The van der Waals surface area contributed by atoms with Crippen LogP contribution in [-0.2, 0) is 9.53 Å². The minimum Gasteiger partial charge on any atom is -0.490 e. The number of benzene rings is 1. The summed E-state index contributed by atoms with van der Waals surface area (Å²) in [6.07, 6.45) is 0. The van der Waals surface area contributed by atoms with Crippen molar-refractivity contribution < 1.29 is 14.3 Å². The third-order valence-corrected chi connectivity index (χ3v) is 2.46. The molecular formula is C13H19NO3. The molecule has 0 saturated heterocycles. The smallest absolute Gasteiger partial charge is 0.325 e. The van der Waals surface area contributed by atoms with Crippen LogP contribution in [0.2, 0.25) is 0 Å². The number of hydrogen-bond acceptors (Lipinski definition) is 4. The molecule has 0 heterocycles. The van der Waals surface area contributed by atoms with Crippen LogP contribution < -0.4 is 10.1 Å².